The topological polar surface area (TPSA) is 91.1 Å². The molecule has 1 amide bonds. The van der Waals surface area contributed by atoms with Gasteiger partial charge in [0.05, 0.1) is 4.90 Å². The van der Waals surface area contributed by atoms with Crippen LogP contribution in [-0.2, 0) is 16.4 Å². The van der Waals surface area contributed by atoms with Crippen molar-refractivity contribution in [2.24, 2.45) is 0 Å². The Hall–Kier alpha value is -2.64. The second kappa shape index (κ2) is 8.37. The molecule has 142 valence electrons. The summed E-state index contributed by atoms with van der Waals surface area (Å²) >= 11 is 0. The Morgan fingerprint density at radius 1 is 1.07 bits per heavy atom. The number of H-pyrrole nitrogens is 1. The molecule has 0 radical (unpaired) electrons. The van der Waals surface area contributed by atoms with Crippen LogP contribution < -0.4 is 10.0 Å². The number of aromatic nitrogens is 1. The number of hydrogen-bond acceptors (Lipinski definition) is 3. The molecule has 27 heavy (non-hydrogen) atoms. The second-order valence-corrected chi connectivity index (χ2v) is 8.06. The van der Waals surface area contributed by atoms with Gasteiger partial charge >= 0.3 is 0 Å². The lowest BCUT2D eigenvalue weighted by Crippen LogP contribution is -2.27. The minimum atomic E-state index is -3.68. The molecular formula is C20H23N3O3S. The first kappa shape index (κ1) is 19.1. The maximum Gasteiger partial charge on any atom is 0.251 e. The van der Waals surface area contributed by atoms with Crippen molar-refractivity contribution < 1.29 is 13.2 Å². The number of hydrogen-bond donors (Lipinski definition) is 3. The fraction of sp³-hybridized carbons (Fsp3) is 0.250. The fourth-order valence-corrected chi connectivity index (χ4v) is 3.96. The van der Waals surface area contributed by atoms with E-state index in [0.717, 1.165) is 22.9 Å². The summed E-state index contributed by atoms with van der Waals surface area (Å²) in [5, 5.41) is 3.84. The minimum Gasteiger partial charge on any atom is -0.361 e. The third-order valence-electron chi connectivity index (χ3n) is 4.30. The molecule has 0 atom stereocenters. The van der Waals surface area contributed by atoms with Crippen molar-refractivity contribution in [3.8, 4) is 0 Å². The molecule has 3 rings (SSSR count). The van der Waals surface area contributed by atoms with Gasteiger partial charge in [-0.15, -0.1) is 0 Å². The number of carbonyl (C=O) groups is 1. The van der Waals surface area contributed by atoms with Crippen LogP contribution in [0.5, 0.6) is 0 Å². The third kappa shape index (κ3) is 4.56. The van der Waals surface area contributed by atoms with Gasteiger partial charge in [0.1, 0.15) is 0 Å². The van der Waals surface area contributed by atoms with E-state index >= 15 is 0 Å². The van der Waals surface area contributed by atoms with Gasteiger partial charge in [-0.1, -0.05) is 31.2 Å². The van der Waals surface area contributed by atoms with Crippen molar-refractivity contribution >= 4 is 26.8 Å². The number of aromatic amines is 1. The molecule has 0 saturated carbocycles. The minimum absolute atomic E-state index is 0.0885. The van der Waals surface area contributed by atoms with E-state index in [9.17, 15) is 13.2 Å². The number of carbonyl (C=O) groups excluding carboxylic acids is 1. The molecule has 0 aliphatic heterocycles. The Labute approximate surface area is 159 Å². The molecule has 0 aliphatic carbocycles. The van der Waals surface area contributed by atoms with E-state index < -0.39 is 10.0 Å². The van der Waals surface area contributed by atoms with Crippen molar-refractivity contribution in [1.82, 2.24) is 15.0 Å². The highest BCUT2D eigenvalue weighted by Crippen LogP contribution is 2.18. The number of para-hydroxylation sites is 1. The molecule has 0 aliphatic rings. The average molecular weight is 385 g/mol. The van der Waals surface area contributed by atoms with Crippen LogP contribution in [0.1, 0.15) is 29.3 Å². The maximum atomic E-state index is 12.6. The van der Waals surface area contributed by atoms with Crippen molar-refractivity contribution in [3.63, 3.8) is 0 Å². The van der Waals surface area contributed by atoms with Crippen LogP contribution in [0.2, 0.25) is 0 Å². The summed E-state index contributed by atoms with van der Waals surface area (Å²) in [5.74, 6) is -0.271. The van der Waals surface area contributed by atoms with Crippen molar-refractivity contribution in [2.45, 2.75) is 24.7 Å². The fourth-order valence-electron chi connectivity index (χ4n) is 2.89. The summed E-state index contributed by atoms with van der Waals surface area (Å²) in [6.07, 6.45) is 3.29. The van der Waals surface area contributed by atoms with Gasteiger partial charge in [-0.25, -0.2) is 13.1 Å². The summed E-state index contributed by atoms with van der Waals surface area (Å²) in [5.41, 5.74) is 2.42. The van der Waals surface area contributed by atoms with Crippen LogP contribution >= 0.6 is 0 Å². The molecule has 1 heterocycles. The van der Waals surface area contributed by atoms with Crippen LogP contribution in [0.3, 0.4) is 0 Å². The number of nitrogens with one attached hydrogen (secondary N) is 3. The Bertz CT molecular complexity index is 1040. The lowest BCUT2D eigenvalue weighted by molar-refractivity contribution is 0.0953. The lowest BCUT2D eigenvalue weighted by Gasteiger charge is -2.09. The number of sulfonamides is 1. The predicted molar refractivity (Wildman–Crippen MR) is 106 cm³/mol. The number of amides is 1. The average Bonchev–Trinajstić information content (AvgIpc) is 3.09. The summed E-state index contributed by atoms with van der Waals surface area (Å²) in [7, 11) is -3.68. The largest absolute Gasteiger partial charge is 0.361 e. The molecule has 6 nitrogen and oxygen atoms in total. The first-order valence-electron chi connectivity index (χ1n) is 8.94. The van der Waals surface area contributed by atoms with Crippen molar-refractivity contribution in [2.75, 3.05) is 13.1 Å². The number of benzene rings is 2. The van der Waals surface area contributed by atoms with Crippen LogP contribution in [-0.4, -0.2) is 32.4 Å². The Morgan fingerprint density at radius 2 is 1.89 bits per heavy atom. The highest BCUT2D eigenvalue weighted by molar-refractivity contribution is 7.89. The van der Waals surface area contributed by atoms with E-state index in [2.05, 4.69) is 15.0 Å². The Kier molecular flexibility index (Phi) is 5.93. The summed E-state index contributed by atoms with van der Waals surface area (Å²) in [6, 6.07) is 14.0. The van der Waals surface area contributed by atoms with Gasteiger partial charge < -0.3 is 10.3 Å². The maximum absolute atomic E-state index is 12.6. The van der Waals surface area contributed by atoms with Crippen LogP contribution in [0.25, 0.3) is 10.9 Å². The molecule has 0 unspecified atom stereocenters. The molecule has 0 saturated heterocycles. The number of fused-ring (bicyclic) bond motifs is 1. The summed E-state index contributed by atoms with van der Waals surface area (Å²) < 4.78 is 27.7. The summed E-state index contributed by atoms with van der Waals surface area (Å²) in [4.78, 5) is 15.3. The SMILES string of the molecule is CCCNC(=O)c1cccc(S(=O)(=O)NCCc2c[nH]c3ccccc23)c1. The van der Waals surface area contributed by atoms with E-state index in [1.165, 1.54) is 12.1 Å². The number of rotatable bonds is 8. The molecule has 0 spiro atoms. The first-order valence-corrected chi connectivity index (χ1v) is 10.4. The standard InChI is InChI=1S/C20H23N3O3S/c1-2-11-21-20(24)15-6-5-7-17(13-15)27(25,26)23-12-10-16-14-22-19-9-4-3-8-18(16)19/h3-9,13-14,22-23H,2,10-12H2,1H3,(H,21,24). The highest BCUT2D eigenvalue weighted by Gasteiger charge is 2.16. The predicted octanol–water partition coefficient (Wildman–Crippen LogP) is 2.83. The van der Waals surface area contributed by atoms with Crippen LogP contribution in [0, 0.1) is 0 Å². The molecule has 1 aromatic heterocycles. The van der Waals surface area contributed by atoms with E-state index in [0.29, 0.717) is 18.5 Å². The van der Waals surface area contributed by atoms with E-state index in [4.69, 9.17) is 0 Å². The van der Waals surface area contributed by atoms with Crippen LogP contribution in [0.4, 0.5) is 0 Å². The van der Waals surface area contributed by atoms with Gasteiger partial charge in [0, 0.05) is 35.8 Å². The third-order valence-corrected chi connectivity index (χ3v) is 5.76. The smallest absolute Gasteiger partial charge is 0.251 e. The van der Waals surface area contributed by atoms with Crippen LogP contribution in [0.15, 0.2) is 59.6 Å². The molecule has 7 heteroatoms. The zero-order valence-electron chi connectivity index (χ0n) is 15.2. The normalized spacial score (nSPS) is 11.6. The molecule has 0 fully saturated rings. The second-order valence-electron chi connectivity index (χ2n) is 6.29. The highest BCUT2D eigenvalue weighted by atomic mass is 32.2. The Morgan fingerprint density at radius 3 is 2.70 bits per heavy atom. The van der Waals surface area contributed by atoms with Gasteiger partial charge in [-0.3, -0.25) is 4.79 Å². The summed E-state index contributed by atoms with van der Waals surface area (Å²) in [6.45, 7) is 2.79. The molecule has 0 bridgehead atoms. The van der Waals surface area contributed by atoms with Gasteiger partial charge in [-0.05, 0) is 42.7 Å². The quantitative estimate of drug-likeness (QED) is 0.557. The van der Waals surface area contributed by atoms with Gasteiger partial charge in [0.2, 0.25) is 10.0 Å². The van der Waals surface area contributed by atoms with E-state index in [1.54, 1.807) is 12.1 Å². The van der Waals surface area contributed by atoms with E-state index in [1.807, 2.05) is 37.4 Å². The van der Waals surface area contributed by atoms with E-state index in [-0.39, 0.29) is 17.3 Å². The zero-order chi connectivity index (χ0) is 19.3. The lowest BCUT2D eigenvalue weighted by atomic mass is 10.1. The molecule has 3 N–H and O–H groups in total. The van der Waals surface area contributed by atoms with Crippen molar-refractivity contribution in [3.05, 3.63) is 65.9 Å². The Balaban J connectivity index is 1.67. The van der Waals surface area contributed by atoms with Gasteiger partial charge in [0.15, 0.2) is 0 Å². The zero-order valence-corrected chi connectivity index (χ0v) is 16.0. The molecule has 3 aromatic rings. The molecule has 2 aromatic carbocycles. The first-order chi connectivity index (χ1) is 13.0. The molecular weight excluding hydrogens is 362 g/mol. The van der Waals surface area contributed by atoms with Gasteiger partial charge in [-0.2, -0.15) is 0 Å². The van der Waals surface area contributed by atoms with Gasteiger partial charge in [0.25, 0.3) is 5.91 Å². The van der Waals surface area contributed by atoms with Crippen molar-refractivity contribution in [1.29, 1.82) is 0 Å². The monoisotopic (exact) mass is 385 g/mol.